The molecule has 0 aromatic heterocycles. The summed E-state index contributed by atoms with van der Waals surface area (Å²) >= 11 is 0. The van der Waals surface area contributed by atoms with Crippen LogP contribution < -0.4 is 0 Å². The molecule has 0 aromatic rings. The standard InChI is InChI=1S/C26H36O6/c1-4-5-6-22(31)32-26(21(30)15-27)12-10-19-18-8-7-16-13-17(28)9-11-24(16,2)23(18)20(29)14-25(19,26)3/h9,11,13,18-20,23,27,29H,4-8,10,12,14-15H2,1-3H3/t18?,19?,20?,23?,24-,25-,26-/m0/s1. The van der Waals surface area contributed by atoms with E-state index < -0.39 is 35.5 Å². The highest BCUT2D eigenvalue weighted by Crippen LogP contribution is 2.67. The lowest BCUT2D eigenvalue weighted by Gasteiger charge is -2.59. The maximum absolute atomic E-state index is 13.1. The number of allylic oxidation sites excluding steroid dienone is 4. The summed E-state index contributed by atoms with van der Waals surface area (Å²) < 4.78 is 5.97. The summed E-state index contributed by atoms with van der Waals surface area (Å²) in [5.41, 5.74) is -1.43. The largest absolute Gasteiger partial charge is 0.450 e. The first-order valence-electron chi connectivity index (χ1n) is 12.1. The molecule has 4 unspecified atom stereocenters. The number of Topliss-reactive ketones (excluding diaryl/α,β-unsaturated/α-hetero) is 1. The number of esters is 1. The highest BCUT2D eigenvalue weighted by molar-refractivity contribution is 6.01. The van der Waals surface area contributed by atoms with E-state index in [0.29, 0.717) is 19.3 Å². The van der Waals surface area contributed by atoms with Crippen molar-refractivity contribution in [2.45, 2.75) is 83.8 Å². The highest BCUT2D eigenvalue weighted by Gasteiger charge is 2.70. The summed E-state index contributed by atoms with van der Waals surface area (Å²) in [6, 6.07) is 0. The van der Waals surface area contributed by atoms with Gasteiger partial charge in [0, 0.05) is 23.2 Å². The van der Waals surface area contributed by atoms with Crippen molar-refractivity contribution >= 4 is 17.5 Å². The summed E-state index contributed by atoms with van der Waals surface area (Å²) in [7, 11) is 0. The topological polar surface area (TPSA) is 101 Å². The molecule has 6 nitrogen and oxygen atoms in total. The second-order valence-electron chi connectivity index (χ2n) is 10.7. The smallest absolute Gasteiger partial charge is 0.306 e. The third-order valence-corrected chi connectivity index (χ3v) is 9.23. The molecule has 0 amide bonds. The number of unbranched alkanes of at least 4 members (excludes halogenated alkanes) is 1. The van der Waals surface area contributed by atoms with Gasteiger partial charge < -0.3 is 14.9 Å². The molecule has 3 saturated carbocycles. The zero-order valence-corrected chi connectivity index (χ0v) is 19.4. The van der Waals surface area contributed by atoms with Gasteiger partial charge >= 0.3 is 5.97 Å². The molecular formula is C26H36O6. The number of carbonyl (C=O) groups excluding carboxylic acids is 3. The van der Waals surface area contributed by atoms with E-state index in [4.69, 9.17) is 4.74 Å². The first-order valence-corrected chi connectivity index (χ1v) is 12.1. The fraction of sp³-hybridized carbons (Fsp3) is 0.731. The van der Waals surface area contributed by atoms with E-state index in [2.05, 4.69) is 6.92 Å². The lowest BCUT2D eigenvalue weighted by molar-refractivity contribution is -0.200. The number of hydrogen-bond donors (Lipinski definition) is 2. The molecule has 0 bridgehead atoms. The van der Waals surface area contributed by atoms with Crippen LogP contribution in [0.2, 0.25) is 0 Å². The van der Waals surface area contributed by atoms with Crippen molar-refractivity contribution in [1.29, 1.82) is 0 Å². The molecule has 32 heavy (non-hydrogen) atoms. The highest BCUT2D eigenvalue weighted by atomic mass is 16.6. The van der Waals surface area contributed by atoms with Crippen molar-refractivity contribution in [1.82, 2.24) is 0 Å². The van der Waals surface area contributed by atoms with Crippen LogP contribution in [0.1, 0.15) is 72.1 Å². The molecule has 0 aliphatic heterocycles. The molecule has 4 aliphatic rings. The van der Waals surface area contributed by atoms with E-state index in [0.717, 1.165) is 31.3 Å². The fourth-order valence-electron chi connectivity index (χ4n) is 7.69. The molecular weight excluding hydrogens is 408 g/mol. The van der Waals surface area contributed by atoms with Crippen molar-refractivity contribution in [2.75, 3.05) is 6.61 Å². The van der Waals surface area contributed by atoms with Gasteiger partial charge in [0.05, 0.1) is 6.10 Å². The van der Waals surface area contributed by atoms with Gasteiger partial charge in [-0.05, 0) is 62.5 Å². The number of ketones is 2. The Morgan fingerprint density at radius 1 is 1.25 bits per heavy atom. The van der Waals surface area contributed by atoms with E-state index in [9.17, 15) is 24.6 Å². The Bertz CT molecular complexity index is 874. The maximum Gasteiger partial charge on any atom is 0.306 e. The molecule has 2 N–H and O–H groups in total. The Morgan fingerprint density at radius 2 is 2.00 bits per heavy atom. The van der Waals surface area contributed by atoms with E-state index in [1.54, 1.807) is 12.2 Å². The number of aliphatic hydroxyl groups excluding tert-OH is 2. The Labute approximate surface area is 190 Å². The van der Waals surface area contributed by atoms with Gasteiger partial charge in [-0.25, -0.2) is 0 Å². The van der Waals surface area contributed by atoms with Gasteiger partial charge in [0.2, 0.25) is 5.78 Å². The molecule has 0 heterocycles. The van der Waals surface area contributed by atoms with Crippen LogP contribution in [0.15, 0.2) is 23.8 Å². The van der Waals surface area contributed by atoms with Crippen molar-refractivity contribution in [3.8, 4) is 0 Å². The lowest BCUT2D eigenvalue weighted by atomic mass is 9.46. The molecule has 4 rings (SSSR count). The van der Waals surface area contributed by atoms with Crippen molar-refractivity contribution in [3.05, 3.63) is 23.8 Å². The van der Waals surface area contributed by atoms with Gasteiger partial charge in [0.15, 0.2) is 11.4 Å². The second kappa shape index (κ2) is 8.21. The van der Waals surface area contributed by atoms with Crippen LogP contribution in [0, 0.1) is 28.6 Å². The van der Waals surface area contributed by atoms with Gasteiger partial charge in [-0.2, -0.15) is 0 Å². The minimum atomic E-state index is -1.39. The van der Waals surface area contributed by atoms with Gasteiger partial charge in [-0.15, -0.1) is 0 Å². The monoisotopic (exact) mass is 444 g/mol. The van der Waals surface area contributed by atoms with Crippen molar-refractivity contribution in [2.24, 2.45) is 28.6 Å². The summed E-state index contributed by atoms with van der Waals surface area (Å²) in [5, 5.41) is 21.3. The van der Waals surface area contributed by atoms with E-state index >= 15 is 0 Å². The number of fused-ring (bicyclic) bond motifs is 5. The number of ether oxygens (including phenoxy) is 1. The van der Waals surface area contributed by atoms with Crippen molar-refractivity contribution in [3.63, 3.8) is 0 Å². The van der Waals surface area contributed by atoms with Gasteiger partial charge in [-0.1, -0.05) is 38.8 Å². The van der Waals surface area contributed by atoms with E-state index in [-0.39, 0.29) is 35.4 Å². The number of hydrogen-bond acceptors (Lipinski definition) is 6. The fourth-order valence-corrected chi connectivity index (χ4v) is 7.69. The Kier molecular flexibility index (Phi) is 6.00. The average Bonchev–Trinajstić information content (AvgIpc) is 3.04. The molecule has 6 heteroatoms. The minimum absolute atomic E-state index is 0.00141. The normalized spacial score (nSPS) is 42.5. The first kappa shape index (κ1) is 23.4. The second-order valence-corrected chi connectivity index (χ2v) is 10.7. The van der Waals surface area contributed by atoms with Crippen LogP contribution in [0.25, 0.3) is 0 Å². The predicted octanol–water partition coefficient (Wildman–Crippen LogP) is 3.30. The molecule has 0 saturated heterocycles. The van der Waals surface area contributed by atoms with E-state index in [1.807, 2.05) is 19.9 Å². The van der Waals surface area contributed by atoms with Gasteiger partial charge in [-0.3, -0.25) is 14.4 Å². The van der Waals surface area contributed by atoms with Crippen molar-refractivity contribution < 1.29 is 29.3 Å². The summed E-state index contributed by atoms with van der Waals surface area (Å²) in [6.07, 6.45) is 9.42. The summed E-state index contributed by atoms with van der Waals surface area (Å²) in [6.45, 7) is 5.39. The van der Waals surface area contributed by atoms with Crippen LogP contribution in [0.4, 0.5) is 0 Å². The Hall–Kier alpha value is -1.79. The lowest BCUT2D eigenvalue weighted by Crippen LogP contribution is -2.63. The van der Waals surface area contributed by atoms with Crippen LogP contribution in [0.5, 0.6) is 0 Å². The molecule has 4 aliphatic carbocycles. The van der Waals surface area contributed by atoms with Crippen LogP contribution in [-0.4, -0.2) is 46.1 Å². The first-order chi connectivity index (χ1) is 15.1. The van der Waals surface area contributed by atoms with Crippen LogP contribution >= 0.6 is 0 Å². The predicted molar refractivity (Wildman–Crippen MR) is 118 cm³/mol. The minimum Gasteiger partial charge on any atom is -0.450 e. The zero-order valence-electron chi connectivity index (χ0n) is 19.4. The van der Waals surface area contributed by atoms with Crippen LogP contribution in [0.3, 0.4) is 0 Å². The quantitative estimate of drug-likeness (QED) is 0.610. The SMILES string of the molecule is CCCCC(=O)O[C@]1(C(=O)CO)CCC2C3CCC4=CC(=O)C=C[C@]4(C)C3C(O)C[C@@]21C. The maximum atomic E-state index is 13.1. The molecule has 7 atom stereocenters. The number of aliphatic hydroxyl groups is 2. The Morgan fingerprint density at radius 3 is 2.69 bits per heavy atom. The van der Waals surface area contributed by atoms with Gasteiger partial charge in [0.1, 0.15) is 6.61 Å². The van der Waals surface area contributed by atoms with Gasteiger partial charge in [0.25, 0.3) is 0 Å². The molecule has 0 spiro atoms. The third kappa shape index (κ3) is 3.25. The molecule has 176 valence electrons. The average molecular weight is 445 g/mol. The zero-order chi connectivity index (χ0) is 23.3. The molecule has 0 aromatic carbocycles. The third-order valence-electron chi connectivity index (χ3n) is 9.23. The van der Waals surface area contributed by atoms with Crippen LogP contribution in [-0.2, 0) is 19.1 Å². The molecule has 0 radical (unpaired) electrons. The number of rotatable bonds is 6. The Balaban J connectivity index is 1.70. The number of carbonyl (C=O) groups is 3. The summed E-state index contributed by atoms with van der Waals surface area (Å²) in [5.74, 6) is -0.675. The van der Waals surface area contributed by atoms with E-state index in [1.165, 1.54) is 0 Å². The molecule has 3 fully saturated rings. The summed E-state index contributed by atoms with van der Waals surface area (Å²) in [4.78, 5) is 37.8.